The highest BCUT2D eigenvalue weighted by atomic mass is 35.5. The third-order valence-corrected chi connectivity index (χ3v) is 4.39. The van der Waals surface area contributed by atoms with E-state index in [1.54, 1.807) is 17.4 Å². The average molecular weight is 309 g/mol. The number of benzene rings is 1. The van der Waals surface area contributed by atoms with Crippen LogP contribution in [-0.2, 0) is 6.54 Å². The molecule has 2 aromatic heterocycles. The van der Waals surface area contributed by atoms with Crippen molar-refractivity contribution in [3.8, 4) is 0 Å². The van der Waals surface area contributed by atoms with Gasteiger partial charge in [0.05, 0.1) is 23.0 Å². The lowest BCUT2D eigenvalue weighted by Gasteiger charge is -2.09. The zero-order chi connectivity index (χ0) is 14.3. The lowest BCUT2D eigenvalue weighted by Crippen LogP contribution is -2.04. The van der Waals surface area contributed by atoms with E-state index >= 15 is 0 Å². The van der Waals surface area contributed by atoms with Gasteiger partial charge in [-0.05, 0) is 44.2 Å². The summed E-state index contributed by atoms with van der Waals surface area (Å²) >= 11 is 7.95. The second kappa shape index (κ2) is 5.19. The Morgan fingerprint density at radius 1 is 1.35 bits per heavy atom. The lowest BCUT2D eigenvalue weighted by atomic mass is 10.3. The number of hydrogen-bond acceptors (Lipinski definition) is 2. The molecular weight excluding hydrogens is 295 g/mol. The van der Waals surface area contributed by atoms with Gasteiger partial charge in [-0.1, -0.05) is 0 Å². The summed E-state index contributed by atoms with van der Waals surface area (Å²) in [5, 5.41) is -0.216. The minimum atomic E-state index is -0.255. The molecule has 3 rings (SSSR count). The van der Waals surface area contributed by atoms with E-state index in [-0.39, 0.29) is 11.2 Å². The number of imidazole rings is 1. The Morgan fingerprint density at radius 2 is 2.15 bits per heavy atom. The minimum absolute atomic E-state index is 0.216. The molecular formula is C15H14ClFN2S. The maximum Gasteiger partial charge on any atom is 0.128 e. The van der Waals surface area contributed by atoms with Gasteiger partial charge in [-0.25, -0.2) is 9.37 Å². The molecule has 0 spiro atoms. The normalized spacial score (nSPS) is 13.0. The largest absolute Gasteiger partial charge is 0.321 e. The summed E-state index contributed by atoms with van der Waals surface area (Å²) in [6, 6.07) is 8.82. The molecule has 0 aliphatic rings. The van der Waals surface area contributed by atoms with E-state index in [2.05, 4.69) is 24.0 Å². The van der Waals surface area contributed by atoms with Crippen molar-refractivity contribution in [1.29, 1.82) is 0 Å². The van der Waals surface area contributed by atoms with Gasteiger partial charge < -0.3 is 4.57 Å². The zero-order valence-electron chi connectivity index (χ0n) is 11.2. The predicted molar refractivity (Wildman–Crippen MR) is 82.1 cm³/mol. The van der Waals surface area contributed by atoms with Gasteiger partial charge >= 0.3 is 0 Å². The summed E-state index contributed by atoms with van der Waals surface area (Å²) in [6.45, 7) is 4.63. The maximum atomic E-state index is 13.5. The molecule has 5 heteroatoms. The van der Waals surface area contributed by atoms with Crippen LogP contribution in [0.3, 0.4) is 0 Å². The maximum absolute atomic E-state index is 13.5. The quantitative estimate of drug-likeness (QED) is 0.630. The fraction of sp³-hybridized carbons (Fsp3) is 0.267. The topological polar surface area (TPSA) is 17.8 Å². The Morgan fingerprint density at radius 3 is 2.80 bits per heavy atom. The van der Waals surface area contributed by atoms with Crippen LogP contribution in [0.5, 0.6) is 0 Å². The van der Waals surface area contributed by atoms with E-state index in [0.717, 1.165) is 16.9 Å². The Balaban J connectivity index is 2.15. The van der Waals surface area contributed by atoms with Gasteiger partial charge in [-0.2, -0.15) is 0 Å². The van der Waals surface area contributed by atoms with Crippen molar-refractivity contribution in [1.82, 2.24) is 9.55 Å². The molecule has 0 amide bonds. The highest BCUT2D eigenvalue weighted by Crippen LogP contribution is 2.27. The molecule has 1 aromatic carbocycles. The number of rotatable bonds is 3. The molecule has 2 nitrogen and oxygen atoms in total. The van der Waals surface area contributed by atoms with Crippen molar-refractivity contribution in [3.05, 3.63) is 51.7 Å². The molecule has 0 saturated carbocycles. The first-order valence-corrected chi connectivity index (χ1v) is 7.65. The molecule has 20 heavy (non-hydrogen) atoms. The molecule has 2 heterocycles. The molecule has 0 radical (unpaired) electrons. The molecule has 0 fully saturated rings. The number of aryl methyl sites for hydroxylation is 1. The molecule has 0 saturated heterocycles. The monoisotopic (exact) mass is 308 g/mol. The van der Waals surface area contributed by atoms with Crippen molar-refractivity contribution in [2.24, 2.45) is 0 Å². The number of hydrogen-bond donors (Lipinski definition) is 0. The summed E-state index contributed by atoms with van der Waals surface area (Å²) in [6.07, 6.45) is 0. The predicted octanol–water partition coefficient (Wildman–Crippen LogP) is 4.89. The summed E-state index contributed by atoms with van der Waals surface area (Å²) in [5.74, 6) is 0.521. The van der Waals surface area contributed by atoms with E-state index in [1.165, 1.54) is 21.9 Å². The van der Waals surface area contributed by atoms with E-state index in [1.807, 2.05) is 11.5 Å². The Kier molecular flexibility index (Phi) is 3.52. The van der Waals surface area contributed by atoms with Gasteiger partial charge in [0.25, 0.3) is 0 Å². The summed E-state index contributed by atoms with van der Waals surface area (Å²) < 4.78 is 15.5. The van der Waals surface area contributed by atoms with Crippen LogP contribution in [0.4, 0.5) is 4.39 Å². The smallest absolute Gasteiger partial charge is 0.128 e. The van der Waals surface area contributed by atoms with Crippen molar-refractivity contribution in [3.63, 3.8) is 0 Å². The molecule has 104 valence electrons. The standard InChI is InChI=1S/C15H14ClFN2S/c1-9-3-5-12(20-9)8-19-14-7-11(17)4-6-13(14)18-15(19)10(2)16/h3-7,10H,8H2,1-2H3. The fourth-order valence-corrected chi connectivity index (χ4v) is 3.36. The SMILES string of the molecule is Cc1ccc(Cn2c(C(C)Cl)nc3ccc(F)cc32)s1. The molecule has 1 unspecified atom stereocenters. The van der Waals surface area contributed by atoms with Gasteiger partial charge in [-0.15, -0.1) is 22.9 Å². The molecule has 0 aliphatic heterocycles. The zero-order valence-corrected chi connectivity index (χ0v) is 12.8. The van der Waals surface area contributed by atoms with Gasteiger partial charge in [0, 0.05) is 9.75 Å². The first-order chi connectivity index (χ1) is 9.54. The van der Waals surface area contributed by atoms with Crippen LogP contribution in [0.15, 0.2) is 30.3 Å². The van der Waals surface area contributed by atoms with Crippen molar-refractivity contribution in [2.45, 2.75) is 25.8 Å². The minimum Gasteiger partial charge on any atom is -0.321 e. The van der Waals surface area contributed by atoms with Gasteiger partial charge in [0.2, 0.25) is 0 Å². The first kappa shape index (κ1) is 13.6. The number of thiophene rings is 1. The molecule has 3 aromatic rings. The van der Waals surface area contributed by atoms with Gasteiger partial charge in [0.1, 0.15) is 11.6 Å². The first-order valence-electron chi connectivity index (χ1n) is 6.39. The van der Waals surface area contributed by atoms with Crippen LogP contribution >= 0.6 is 22.9 Å². The Labute approximate surface area is 125 Å². The van der Waals surface area contributed by atoms with Gasteiger partial charge in [-0.3, -0.25) is 0 Å². The molecule has 0 N–H and O–H groups in total. The van der Waals surface area contributed by atoms with E-state index in [4.69, 9.17) is 11.6 Å². The van der Waals surface area contributed by atoms with E-state index < -0.39 is 0 Å². The van der Waals surface area contributed by atoms with Crippen molar-refractivity contribution >= 4 is 34.0 Å². The average Bonchev–Trinajstić information content (AvgIpc) is 2.95. The highest BCUT2D eigenvalue weighted by Gasteiger charge is 2.16. The van der Waals surface area contributed by atoms with Crippen LogP contribution < -0.4 is 0 Å². The van der Waals surface area contributed by atoms with Crippen LogP contribution in [0, 0.1) is 12.7 Å². The molecule has 0 bridgehead atoms. The molecule has 1 atom stereocenters. The Hall–Kier alpha value is -1.39. The number of fused-ring (bicyclic) bond motifs is 1. The number of nitrogens with zero attached hydrogens (tertiary/aromatic N) is 2. The fourth-order valence-electron chi connectivity index (χ4n) is 2.31. The van der Waals surface area contributed by atoms with E-state index in [0.29, 0.717) is 6.54 Å². The highest BCUT2D eigenvalue weighted by molar-refractivity contribution is 7.11. The lowest BCUT2D eigenvalue weighted by molar-refractivity contribution is 0.628. The third kappa shape index (κ3) is 2.45. The van der Waals surface area contributed by atoms with Crippen LogP contribution in [0.2, 0.25) is 0 Å². The van der Waals surface area contributed by atoms with Crippen molar-refractivity contribution < 1.29 is 4.39 Å². The van der Waals surface area contributed by atoms with Crippen LogP contribution in [0.25, 0.3) is 11.0 Å². The second-order valence-corrected chi connectivity index (χ2v) is 6.84. The number of aromatic nitrogens is 2. The van der Waals surface area contributed by atoms with Crippen molar-refractivity contribution in [2.75, 3.05) is 0 Å². The van der Waals surface area contributed by atoms with E-state index in [9.17, 15) is 4.39 Å². The summed E-state index contributed by atoms with van der Waals surface area (Å²) in [7, 11) is 0. The Bertz CT molecular complexity index is 760. The number of halogens is 2. The van der Waals surface area contributed by atoms with Crippen LogP contribution in [0.1, 0.15) is 27.9 Å². The van der Waals surface area contributed by atoms with Crippen LogP contribution in [-0.4, -0.2) is 9.55 Å². The molecule has 0 aliphatic carbocycles. The second-order valence-electron chi connectivity index (χ2n) is 4.82. The summed E-state index contributed by atoms with van der Waals surface area (Å²) in [5.41, 5.74) is 1.57. The van der Waals surface area contributed by atoms with Gasteiger partial charge in [0.15, 0.2) is 0 Å². The number of alkyl halides is 1. The third-order valence-electron chi connectivity index (χ3n) is 3.21. The summed E-state index contributed by atoms with van der Waals surface area (Å²) in [4.78, 5) is 7.00.